The Morgan fingerprint density at radius 3 is 2.47 bits per heavy atom. The van der Waals surface area contributed by atoms with Crippen molar-refractivity contribution >= 4 is 15.9 Å². The third-order valence-corrected chi connectivity index (χ3v) is 4.20. The maximum Gasteiger partial charge on any atom is 0.0767 e. The van der Waals surface area contributed by atoms with Gasteiger partial charge in [-0.25, -0.2) is 0 Å². The van der Waals surface area contributed by atoms with Crippen LogP contribution >= 0.6 is 15.9 Å². The van der Waals surface area contributed by atoms with Crippen LogP contribution in [-0.4, -0.2) is 25.9 Å². The summed E-state index contributed by atoms with van der Waals surface area (Å²) in [5.41, 5.74) is 0. The Morgan fingerprint density at radius 2 is 1.74 bits per heavy atom. The molecule has 0 spiro atoms. The minimum Gasteiger partial charge on any atom is -0.379 e. The van der Waals surface area contributed by atoms with Gasteiger partial charge in [0.1, 0.15) is 0 Å². The van der Waals surface area contributed by atoms with E-state index in [0.717, 1.165) is 19.4 Å². The maximum absolute atomic E-state index is 5.93. The smallest absolute Gasteiger partial charge is 0.0767 e. The van der Waals surface area contributed by atoms with Gasteiger partial charge in [0.15, 0.2) is 0 Å². The number of ether oxygens (including phenoxy) is 2. The van der Waals surface area contributed by atoms with E-state index in [9.17, 15) is 0 Å². The normalized spacial score (nSPS) is 23.3. The van der Waals surface area contributed by atoms with Crippen LogP contribution in [0.5, 0.6) is 0 Å². The largest absolute Gasteiger partial charge is 0.379 e. The van der Waals surface area contributed by atoms with E-state index in [1.807, 2.05) is 6.92 Å². The molecule has 1 aliphatic carbocycles. The molecule has 0 aromatic heterocycles. The van der Waals surface area contributed by atoms with E-state index in [-0.39, 0.29) is 6.10 Å². The molecule has 0 aliphatic heterocycles. The molecule has 0 heterocycles. The highest BCUT2D eigenvalue weighted by Crippen LogP contribution is 2.21. The van der Waals surface area contributed by atoms with Crippen molar-refractivity contribution in [3.8, 4) is 0 Å². The molecule has 0 bridgehead atoms. The summed E-state index contributed by atoms with van der Waals surface area (Å²) in [6.07, 6.45) is 14.3. The lowest BCUT2D eigenvalue weighted by atomic mass is 10.0. The Kier molecular flexibility index (Phi) is 10.8. The van der Waals surface area contributed by atoms with Gasteiger partial charge in [-0.3, -0.25) is 0 Å². The fourth-order valence-electron chi connectivity index (χ4n) is 2.43. The summed E-state index contributed by atoms with van der Waals surface area (Å²) in [5.74, 6) is 0. The molecular formula is C16H29BrO2. The van der Waals surface area contributed by atoms with Gasteiger partial charge in [0, 0.05) is 6.61 Å². The van der Waals surface area contributed by atoms with Crippen molar-refractivity contribution < 1.29 is 9.47 Å². The number of rotatable bonds is 5. The summed E-state index contributed by atoms with van der Waals surface area (Å²) in [5, 5.41) is 0. The molecule has 0 fully saturated rings. The lowest BCUT2D eigenvalue weighted by molar-refractivity contribution is 0.0228. The molecule has 1 rings (SSSR count). The average molecular weight is 333 g/mol. The van der Waals surface area contributed by atoms with E-state index in [2.05, 4.69) is 22.0 Å². The van der Waals surface area contributed by atoms with Crippen LogP contribution in [-0.2, 0) is 9.47 Å². The van der Waals surface area contributed by atoms with E-state index in [4.69, 9.17) is 9.47 Å². The molecule has 0 aromatic carbocycles. The van der Waals surface area contributed by atoms with Crippen molar-refractivity contribution in [3.63, 3.8) is 0 Å². The molecule has 2 nitrogen and oxygen atoms in total. The summed E-state index contributed by atoms with van der Waals surface area (Å²) in [6.45, 7) is 4.20. The molecular weight excluding hydrogens is 304 g/mol. The minimum absolute atomic E-state index is 0.259. The lowest BCUT2D eigenvalue weighted by Crippen LogP contribution is -2.15. The molecule has 112 valence electrons. The molecule has 0 radical (unpaired) electrons. The van der Waals surface area contributed by atoms with Crippen LogP contribution in [0.4, 0.5) is 0 Å². The highest BCUT2D eigenvalue weighted by molar-refractivity contribution is 9.11. The van der Waals surface area contributed by atoms with Gasteiger partial charge in [-0.15, -0.1) is 0 Å². The zero-order valence-corrected chi connectivity index (χ0v) is 13.9. The number of halogens is 1. The standard InChI is InChI=1S/C16H29BrO2/c1-2-18-12-13-19-16-11-9-7-5-3-4-6-8-10-15(17)14-16/h14,16H,2-13H2,1H3. The molecule has 19 heavy (non-hydrogen) atoms. The molecule has 1 aliphatic rings. The first kappa shape index (κ1) is 17.2. The SMILES string of the molecule is CCOCCOC1C=C(Br)CCCCCCCCC1. The minimum atomic E-state index is 0.259. The predicted molar refractivity (Wildman–Crippen MR) is 84.8 cm³/mol. The van der Waals surface area contributed by atoms with Crippen molar-refractivity contribution in [1.82, 2.24) is 0 Å². The van der Waals surface area contributed by atoms with Crippen LogP contribution < -0.4 is 0 Å². The number of hydrogen-bond donors (Lipinski definition) is 0. The molecule has 1 atom stereocenters. The van der Waals surface area contributed by atoms with E-state index >= 15 is 0 Å². The Labute approximate surface area is 127 Å². The van der Waals surface area contributed by atoms with Crippen molar-refractivity contribution in [1.29, 1.82) is 0 Å². The Balaban J connectivity index is 2.37. The van der Waals surface area contributed by atoms with Gasteiger partial charge in [0.05, 0.1) is 19.3 Å². The zero-order chi connectivity index (χ0) is 13.8. The maximum atomic E-state index is 5.93. The second kappa shape index (κ2) is 11.9. The molecule has 0 saturated carbocycles. The third kappa shape index (κ3) is 9.64. The van der Waals surface area contributed by atoms with E-state index in [1.165, 1.54) is 49.4 Å². The van der Waals surface area contributed by atoms with Crippen LogP contribution in [0, 0.1) is 0 Å². The topological polar surface area (TPSA) is 18.5 Å². The Morgan fingerprint density at radius 1 is 1.05 bits per heavy atom. The van der Waals surface area contributed by atoms with Gasteiger partial charge in [0.25, 0.3) is 0 Å². The molecule has 0 saturated heterocycles. The van der Waals surface area contributed by atoms with Gasteiger partial charge in [-0.05, 0) is 36.7 Å². The summed E-state index contributed by atoms with van der Waals surface area (Å²) in [6, 6.07) is 0. The highest BCUT2D eigenvalue weighted by Gasteiger charge is 2.08. The van der Waals surface area contributed by atoms with Gasteiger partial charge in [-0.1, -0.05) is 54.5 Å². The predicted octanol–water partition coefficient (Wildman–Crippen LogP) is 5.21. The molecule has 0 N–H and O–H groups in total. The van der Waals surface area contributed by atoms with Crippen LogP contribution in [0.25, 0.3) is 0 Å². The quantitative estimate of drug-likeness (QED) is 0.643. The lowest BCUT2D eigenvalue weighted by Gasteiger charge is -2.16. The number of allylic oxidation sites excluding steroid dienone is 1. The molecule has 3 heteroatoms. The second-order valence-electron chi connectivity index (χ2n) is 5.23. The van der Waals surface area contributed by atoms with Crippen molar-refractivity contribution in [2.75, 3.05) is 19.8 Å². The second-order valence-corrected chi connectivity index (χ2v) is 6.25. The highest BCUT2D eigenvalue weighted by atomic mass is 79.9. The number of hydrogen-bond acceptors (Lipinski definition) is 2. The monoisotopic (exact) mass is 332 g/mol. The van der Waals surface area contributed by atoms with Crippen molar-refractivity contribution in [2.24, 2.45) is 0 Å². The molecule has 0 amide bonds. The van der Waals surface area contributed by atoms with Crippen LogP contribution in [0.3, 0.4) is 0 Å². The molecule has 1 unspecified atom stereocenters. The van der Waals surface area contributed by atoms with E-state index < -0.39 is 0 Å². The first-order valence-electron chi connectivity index (χ1n) is 7.88. The summed E-state index contributed by atoms with van der Waals surface area (Å²) >= 11 is 3.69. The fraction of sp³-hybridized carbons (Fsp3) is 0.875. The van der Waals surface area contributed by atoms with Gasteiger partial charge >= 0.3 is 0 Å². The first-order chi connectivity index (χ1) is 9.33. The molecule has 0 aromatic rings. The van der Waals surface area contributed by atoms with Gasteiger partial charge < -0.3 is 9.47 Å². The van der Waals surface area contributed by atoms with Crippen LogP contribution in [0.15, 0.2) is 10.6 Å². The van der Waals surface area contributed by atoms with Crippen molar-refractivity contribution in [3.05, 3.63) is 10.6 Å². The van der Waals surface area contributed by atoms with Gasteiger partial charge in [-0.2, -0.15) is 0 Å². The Bertz CT molecular complexity index is 241. The first-order valence-corrected chi connectivity index (χ1v) is 8.67. The summed E-state index contributed by atoms with van der Waals surface area (Å²) in [7, 11) is 0. The van der Waals surface area contributed by atoms with Crippen LogP contribution in [0.2, 0.25) is 0 Å². The van der Waals surface area contributed by atoms with Crippen LogP contribution in [0.1, 0.15) is 64.7 Å². The van der Waals surface area contributed by atoms with E-state index in [0.29, 0.717) is 13.2 Å². The third-order valence-electron chi connectivity index (χ3n) is 3.53. The summed E-state index contributed by atoms with van der Waals surface area (Å²) < 4.78 is 12.6. The summed E-state index contributed by atoms with van der Waals surface area (Å²) in [4.78, 5) is 0. The van der Waals surface area contributed by atoms with Gasteiger partial charge in [0.2, 0.25) is 0 Å². The van der Waals surface area contributed by atoms with E-state index in [1.54, 1.807) is 0 Å². The Hall–Kier alpha value is 0.140. The zero-order valence-electron chi connectivity index (χ0n) is 12.3. The fourth-order valence-corrected chi connectivity index (χ4v) is 3.00. The average Bonchev–Trinajstić information content (AvgIpc) is 2.39. The van der Waals surface area contributed by atoms with Crippen molar-refractivity contribution in [2.45, 2.75) is 70.8 Å².